The molecule has 1 aromatic rings. The van der Waals surface area contributed by atoms with Crippen molar-refractivity contribution in [1.82, 2.24) is 10.2 Å². The third kappa shape index (κ3) is 3.98. The molecule has 0 spiro atoms. The molecule has 0 aromatic heterocycles. The maximum Gasteiger partial charge on any atom is 0.251 e. The highest BCUT2D eigenvalue weighted by Gasteiger charge is 2.10. The second-order valence-electron chi connectivity index (χ2n) is 3.90. The lowest BCUT2D eigenvalue weighted by Gasteiger charge is -2.26. The Bertz CT molecular complexity index is 551. The van der Waals surface area contributed by atoms with Crippen LogP contribution in [0.5, 0.6) is 0 Å². The molecule has 1 amide bonds. The van der Waals surface area contributed by atoms with E-state index in [1.165, 1.54) is 0 Å². The van der Waals surface area contributed by atoms with Crippen molar-refractivity contribution >= 4 is 17.5 Å². The Hall–Kier alpha value is -1.10. The quantitative estimate of drug-likeness (QED) is 0.901. The fourth-order valence-electron chi connectivity index (χ4n) is 1.65. The van der Waals surface area contributed by atoms with E-state index in [-0.39, 0.29) is 10.6 Å². The van der Waals surface area contributed by atoms with E-state index in [0.29, 0.717) is 26.3 Å². The van der Waals surface area contributed by atoms with Crippen LogP contribution in [0.4, 0.5) is 0 Å². The van der Waals surface area contributed by atoms with Crippen molar-refractivity contribution in [1.29, 1.82) is 0 Å². The van der Waals surface area contributed by atoms with Crippen LogP contribution in [0.15, 0.2) is 24.2 Å². The highest BCUT2D eigenvalue weighted by molar-refractivity contribution is 6.30. The summed E-state index contributed by atoms with van der Waals surface area (Å²) in [5.41, 5.74) is -0.277. The van der Waals surface area contributed by atoms with Gasteiger partial charge >= 0.3 is 0 Å². The molecule has 1 fully saturated rings. The van der Waals surface area contributed by atoms with Crippen LogP contribution >= 0.6 is 11.6 Å². The molecule has 0 saturated carbocycles. The second-order valence-corrected chi connectivity index (χ2v) is 4.28. The number of rotatable bonds is 4. The highest BCUT2D eigenvalue weighted by atomic mass is 35.5. The number of benzene rings is 1. The smallest absolute Gasteiger partial charge is 0.251 e. The molecule has 2 rings (SSSR count). The van der Waals surface area contributed by atoms with Gasteiger partial charge in [0.2, 0.25) is 0 Å². The number of ether oxygens (including phenoxy) is 1. The van der Waals surface area contributed by atoms with Gasteiger partial charge in [-0.1, -0.05) is 11.6 Å². The summed E-state index contributed by atoms with van der Waals surface area (Å²) >= 11 is 5.71. The Labute approximate surface area is 117 Å². The fourth-order valence-corrected chi connectivity index (χ4v) is 1.75. The first-order valence-electron chi connectivity index (χ1n) is 7.77. The van der Waals surface area contributed by atoms with Crippen molar-refractivity contribution in [2.75, 3.05) is 39.4 Å². The number of halogens is 1. The Morgan fingerprint density at radius 3 is 2.72 bits per heavy atom. The summed E-state index contributed by atoms with van der Waals surface area (Å²) in [6, 6.07) is -1.65. The van der Waals surface area contributed by atoms with Crippen molar-refractivity contribution in [3.05, 3.63) is 34.8 Å². The van der Waals surface area contributed by atoms with Gasteiger partial charge in [0, 0.05) is 36.8 Å². The first-order valence-corrected chi connectivity index (χ1v) is 6.15. The van der Waals surface area contributed by atoms with Crippen LogP contribution in [0.3, 0.4) is 0 Å². The van der Waals surface area contributed by atoms with Gasteiger partial charge < -0.3 is 10.1 Å². The van der Waals surface area contributed by atoms with E-state index in [2.05, 4.69) is 10.2 Å². The van der Waals surface area contributed by atoms with Crippen molar-refractivity contribution in [2.45, 2.75) is 0 Å². The van der Waals surface area contributed by atoms with Crippen LogP contribution in [0.1, 0.15) is 15.8 Å². The summed E-state index contributed by atoms with van der Waals surface area (Å²) in [6.07, 6.45) is 0. The molecule has 1 aliphatic heterocycles. The number of nitrogens with one attached hydrogen (secondary N) is 1. The Morgan fingerprint density at radius 1 is 1.39 bits per heavy atom. The van der Waals surface area contributed by atoms with Gasteiger partial charge in [-0.2, -0.15) is 0 Å². The van der Waals surface area contributed by atoms with E-state index in [1.54, 1.807) is 0 Å². The summed E-state index contributed by atoms with van der Waals surface area (Å²) in [6.45, 7) is 3.95. The number of morpholine rings is 1. The molecule has 1 heterocycles. The summed E-state index contributed by atoms with van der Waals surface area (Å²) in [5, 5.41) is 2.35. The Morgan fingerprint density at radius 2 is 2.06 bits per heavy atom. The number of hydrogen-bond donors (Lipinski definition) is 1. The lowest BCUT2D eigenvalue weighted by atomic mass is 10.2. The van der Waals surface area contributed by atoms with E-state index < -0.39 is 30.1 Å². The van der Waals surface area contributed by atoms with Crippen molar-refractivity contribution in [3.63, 3.8) is 0 Å². The van der Waals surface area contributed by atoms with Gasteiger partial charge in [-0.05, 0) is 24.2 Å². The molecule has 0 unspecified atom stereocenters. The molecular weight excluding hydrogens is 252 g/mol. The minimum absolute atomic E-state index is 0.277. The van der Waals surface area contributed by atoms with Gasteiger partial charge in [-0.15, -0.1) is 0 Å². The van der Waals surface area contributed by atoms with Crippen molar-refractivity contribution in [2.24, 2.45) is 0 Å². The number of hydrogen-bond acceptors (Lipinski definition) is 3. The average molecular weight is 273 g/mol. The van der Waals surface area contributed by atoms with E-state index in [1.807, 2.05) is 0 Å². The number of carbonyl (C=O) groups excluding carboxylic acids is 1. The lowest BCUT2D eigenvalue weighted by molar-refractivity contribution is 0.0383. The van der Waals surface area contributed by atoms with Gasteiger partial charge in [0.1, 0.15) is 0 Å². The largest absolute Gasteiger partial charge is 0.379 e. The normalized spacial score (nSPS) is 19.6. The summed E-state index contributed by atoms with van der Waals surface area (Å²) in [4.78, 5) is 14.3. The van der Waals surface area contributed by atoms with Gasteiger partial charge in [0.25, 0.3) is 5.91 Å². The SMILES string of the molecule is [2H]c1c([2H])c(C(=O)NCCN2CCOCC2)c([2H])c([2H])c1Cl. The average Bonchev–Trinajstić information content (AvgIpc) is 2.52. The van der Waals surface area contributed by atoms with Crippen molar-refractivity contribution in [3.8, 4) is 0 Å². The van der Waals surface area contributed by atoms with E-state index in [0.717, 1.165) is 13.1 Å². The van der Waals surface area contributed by atoms with E-state index in [9.17, 15) is 4.79 Å². The van der Waals surface area contributed by atoms with Crippen molar-refractivity contribution < 1.29 is 15.0 Å². The fraction of sp³-hybridized carbons (Fsp3) is 0.462. The second kappa shape index (κ2) is 6.73. The summed E-state index contributed by atoms with van der Waals surface area (Å²) in [7, 11) is 0. The van der Waals surface area contributed by atoms with Crippen LogP contribution in [-0.2, 0) is 4.74 Å². The van der Waals surface area contributed by atoms with E-state index >= 15 is 0 Å². The number of amides is 1. The monoisotopic (exact) mass is 272 g/mol. The van der Waals surface area contributed by atoms with Crippen LogP contribution in [0.2, 0.25) is 5.02 Å². The third-order valence-corrected chi connectivity index (χ3v) is 2.83. The number of nitrogens with zero attached hydrogens (tertiary/aromatic N) is 1. The van der Waals surface area contributed by atoms with Crippen LogP contribution < -0.4 is 5.32 Å². The highest BCUT2D eigenvalue weighted by Crippen LogP contribution is 2.09. The Kier molecular flexibility index (Phi) is 3.33. The molecule has 0 bridgehead atoms. The van der Waals surface area contributed by atoms with Crippen LogP contribution in [0.25, 0.3) is 0 Å². The zero-order chi connectivity index (χ0) is 16.3. The third-order valence-electron chi connectivity index (χ3n) is 2.64. The molecule has 5 heteroatoms. The minimum Gasteiger partial charge on any atom is -0.379 e. The first-order chi connectivity index (χ1) is 10.4. The predicted octanol–water partition coefficient (Wildman–Crippen LogP) is 1.40. The summed E-state index contributed by atoms with van der Waals surface area (Å²) in [5.74, 6) is -0.623. The molecule has 0 aliphatic carbocycles. The van der Waals surface area contributed by atoms with Crippen LogP contribution in [-0.4, -0.2) is 50.2 Å². The summed E-state index contributed by atoms with van der Waals surface area (Å²) < 4.78 is 36.0. The lowest BCUT2D eigenvalue weighted by Crippen LogP contribution is -2.41. The predicted molar refractivity (Wildman–Crippen MR) is 71.0 cm³/mol. The molecule has 1 aliphatic rings. The first kappa shape index (κ1) is 8.91. The van der Waals surface area contributed by atoms with Gasteiger partial charge in [0.05, 0.1) is 18.7 Å². The molecule has 4 nitrogen and oxygen atoms in total. The molecular formula is C13H17ClN2O2. The molecule has 1 aromatic carbocycles. The molecule has 1 N–H and O–H groups in total. The Balaban J connectivity index is 2.03. The molecule has 0 atom stereocenters. The zero-order valence-corrected chi connectivity index (χ0v) is 10.6. The van der Waals surface area contributed by atoms with Gasteiger partial charge in [-0.25, -0.2) is 0 Å². The minimum atomic E-state index is -0.623. The molecule has 98 valence electrons. The maximum absolute atomic E-state index is 12.1. The molecule has 1 saturated heterocycles. The number of carbonyl (C=O) groups is 1. The van der Waals surface area contributed by atoms with Gasteiger partial charge in [-0.3, -0.25) is 9.69 Å². The molecule has 18 heavy (non-hydrogen) atoms. The standard InChI is InChI=1S/C13H17ClN2O2/c14-12-3-1-11(2-4-12)13(17)15-5-6-16-7-9-18-10-8-16/h1-4H,5-10H2,(H,15,17)/i1D,2D,3D,4D. The zero-order valence-electron chi connectivity index (χ0n) is 13.9. The van der Waals surface area contributed by atoms with Crippen LogP contribution in [0, 0.1) is 0 Å². The topological polar surface area (TPSA) is 41.6 Å². The van der Waals surface area contributed by atoms with E-state index in [4.69, 9.17) is 21.8 Å². The molecule has 0 radical (unpaired) electrons. The van der Waals surface area contributed by atoms with Gasteiger partial charge in [0.15, 0.2) is 0 Å². The maximum atomic E-state index is 12.1.